The zero-order valence-corrected chi connectivity index (χ0v) is 10.5. The van der Waals surface area contributed by atoms with Crippen LogP contribution >= 0.6 is 0 Å². The number of hydrogen-bond acceptors (Lipinski definition) is 4. The van der Waals surface area contributed by atoms with Crippen molar-refractivity contribution in [1.29, 1.82) is 0 Å². The minimum Gasteiger partial charge on any atom is -0.228 e. The third-order valence-corrected chi connectivity index (χ3v) is 5.70. The van der Waals surface area contributed by atoms with Gasteiger partial charge in [0.25, 0.3) is 0 Å². The van der Waals surface area contributed by atoms with Crippen LogP contribution in [-0.2, 0) is 25.4 Å². The fraction of sp³-hybridized carbons (Fsp3) is 0.333. The van der Waals surface area contributed by atoms with Crippen molar-refractivity contribution in [3.8, 4) is 0 Å². The van der Waals surface area contributed by atoms with Gasteiger partial charge in [-0.2, -0.15) is 0 Å². The molecular weight excluding hydrogens is 274 g/mol. The second-order valence-electron chi connectivity index (χ2n) is 3.63. The fourth-order valence-corrected chi connectivity index (χ4v) is 4.92. The van der Waals surface area contributed by atoms with Crippen LogP contribution in [0.1, 0.15) is 5.56 Å². The first kappa shape index (κ1) is 14.0. The van der Waals surface area contributed by atoms with Gasteiger partial charge in [-0.3, -0.25) is 0 Å². The van der Waals surface area contributed by atoms with Gasteiger partial charge < -0.3 is 0 Å². The summed E-state index contributed by atoms with van der Waals surface area (Å²) >= 11 is 0. The average molecular weight is 284 g/mol. The third kappa shape index (κ3) is 4.39. The number of rotatable bonds is 4. The molecule has 17 heavy (non-hydrogen) atoms. The third-order valence-electron chi connectivity index (χ3n) is 1.82. The van der Waals surface area contributed by atoms with Gasteiger partial charge in [0.1, 0.15) is 11.6 Å². The van der Waals surface area contributed by atoms with Crippen molar-refractivity contribution in [2.75, 3.05) is 11.3 Å². The second-order valence-corrected chi connectivity index (χ2v) is 8.20. The number of sulfone groups is 2. The Balaban J connectivity index is 3.07. The molecule has 0 heterocycles. The van der Waals surface area contributed by atoms with Crippen molar-refractivity contribution >= 4 is 19.7 Å². The van der Waals surface area contributed by atoms with Crippen LogP contribution < -0.4 is 0 Å². The summed E-state index contributed by atoms with van der Waals surface area (Å²) in [7, 11) is -7.87. The largest absolute Gasteiger partial charge is 0.228 e. The molecule has 0 atom stereocenters. The molecule has 1 aromatic carbocycles. The van der Waals surface area contributed by atoms with Gasteiger partial charge in [0.15, 0.2) is 24.8 Å². The second kappa shape index (κ2) is 4.69. The quantitative estimate of drug-likeness (QED) is 0.823. The van der Waals surface area contributed by atoms with Gasteiger partial charge >= 0.3 is 0 Å². The van der Waals surface area contributed by atoms with Crippen molar-refractivity contribution in [2.24, 2.45) is 0 Å². The summed E-state index contributed by atoms with van der Waals surface area (Å²) in [5.74, 6) is -3.00. The first-order chi connectivity index (χ1) is 7.61. The van der Waals surface area contributed by atoms with Crippen LogP contribution in [0.5, 0.6) is 0 Å². The van der Waals surface area contributed by atoms with E-state index in [9.17, 15) is 25.6 Å². The van der Waals surface area contributed by atoms with E-state index in [4.69, 9.17) is 0 Å². The first-order valence-corrected chi connectivity index (χ1v) is 8.30. The molecule has 0 bridgehead atoms. The summed E-state index contributed by atoms with van der Waals surface area (Å²) in [6.45, 7) is 0. The van der Waals surface area contributed by atoms with Crippen LogP contribution in [0, 0.1) is 11.6 Å². The smallest absolute Gasteiger partial charge is 0.168 e. The van der Waals surface area contributed by atoms with Crippen molar-refractivity contribution in [1.82, 2.24) is 0 Å². The molecular formula is C9H10F2O4S2. The molecule has 0 aliphatic heterocycles. The minimum atomic E-state index is -4.11. The summed E-state index contributed by atoms with van der Waals surface area (Å²) in [5.41, 5.74) is -0.642. The van der Waals surface area contributed by atoms with Gasteiger partial charge in [-0.25, -0.2) is 25.6 Å². The van der Waals surface area contributed by atoms with E-state index >= 15 is 0 Å². The SMILES string of the molecule is CS(=O)(=O)CS(=O)(=O)Cc1c(F)cccc1F. The van der Waals surface area contributed by atoms with Crippen LogP contribution in [0.3, 0.4) is 0 Å². The highest BCUT2D eigenvalue weighted by Gasteiger charge is 2.22. The Bertz CT molecular complexity index is 600. The molecule has 0 radical (unpaired) electrons. The summed E-state index contributed by atoms with van der Waals surface area (Å²) in [6, 6.07) is 2.92. The molecule has 0 aliphatic carbocycles. The Morgan fingerprint density at radius 3 is 1.94 bits per heavy atom. The molecule has 0 N–H and O–H groups in total. The molecule has 8 heteroatoms. The Morgan fingerprint density at radius 1 is 1.06 bits per heavy atom. The van der Waals surface area contributed by atoms with Crippen LogP contribution in [-0.4, -0.2) is 28.2 Å². The van der Waals surface area contributed by atoms with E-state index in [1.165, 1.54) is 0 Å². The summed E-state index contributed by atoms with van der Waals surface area (Å²) in [5, 5.41) is -1.13. The topological polar surface area (TPSA) is 68.3 Å². The van der Waals surface area contributed by atoms with Gasteiger partial charge in [-0.15, -0.1) is 0 Å². The lowest BCUT2D eigenvalue weighted by Crippen LogP contribution is -2.18. The summed E-state index contributed by atoms with van der Waals surface area (Å²) in [4.78, 5) is 0. The molecule has 1 aromatic rings. The molecule has 0 fully saturated rings. The van der Waals surface area contributed by atoms with Gasteiger partial charge in [-0.1, -0.05) is 6.07 Å². The van der Waals surface area contributed by atoms with E-state index in [1.54, 1.807) is 0 Å². The van der Waals surface area contributed by atoms with Crippen molar-refractivity contribution in [3.63, 3.8) is 0 Å². The van der Waals surface area contributed by atoms with E-state index in [0.29, 0.717) is 0 Å². The predicted octanol–water partition coefficient (Wildman–Crippen LogP) is 0.882. The average Bonchev–Trinajstić information content (AvgIpc) is 2.07. The van der Waals surface area contributed by atoms with Gasteiger partial charge in [0.2, 0.25) is 0 Å². The van der Waals surface area contributed by atoms with Crippen molar-refractivity contribution in [2.45, 2.75) is 5.75 Å². The molecule has 0 spiro atoms. The fourth-order valence-electron chi connectivity index (χ4n) is 1.26. The van der Waals surface area contributed by atoms with E-state index in [2.05, 4.69) is 0 Å². The monoisotopic (exact) mass is 284 g/mol. The Hall–Kier alpha value is -1.02. The van der Waals surface area contributed by atoms with E-state index in [1.807, 2.05) is 0 Å². The van der Waals surface area contributed by atoms with Gasteiger partial charge in [-0.05, 0) is 12.1 Å². The maximum Gasteiger partial charge on any atom is 0.168 e. The number of halogens is 2. The number of benzene rings is 1. The van der Waals surface area contributed by atoms with E-state index in [0.717, 1.165) is 24.5 Å². The molecule has 0 amide bonds. The normalized spacial score (nSPS) is 12.6. The Morgan fingerprint density at radius 2 is 1.53 bits per heavy atom. The van der Waals surface area contributed by atoms with Crippen molar-refractivity contribution in [3.05, 3.63) is 35.4 Å². The molecule has 0 saturated carbocycles. The van der Waals surface area contributed by atoms with Crippen LogP contribution in [0.4, 0.5) is 8.78 Å². The predicted molar refractivity (Wildman–Crippen MR) is 58.7 cm³/mol. The highest BCUT2D eigenvalue weighted by atomic mass is 32.3. The molecule has 4 nitrogen and oxygen atoms in total. The minimum absolute atomic E-state index is 0.642. The van der Waals surface area contributed by atoms with Crippen molar-refractivity contribution < 1.29 is 25.6 Å². The maximum atomic E-state index is 13.2. The van der Waals surface area contributed by atoms with Crippen LogP contribution in [0.15, 0.2) is 18.2 Å². The molecule has 0 unspecified atom stereocenters. The van der Waals surface area contributed by atoms with Gasteiger partial charge in [0.05, 0.1) is 5.75 Å². The molecule has 0 aliphatic rings. The summed E-state index contributed by atoms with van der Waals surface area (Å²) in [6.07, 6.45) is 0.738. The molecule has 0 saturated heterocycles. The maximum absolute atomic E-state index is 13.2. The Kier molecular flexibility index (Phi) is 3.88. The van der Waals surface area contributed by atoms with Crippen LogP contribution in [0.2, 0.25) is 0 Å². The first-order valence-electron chi connectivity index (χ1n) is 4.42. The van der Waals surface area contributed by atoms with E-state index in [-0.39, 0.29) is 0 Å². The van der Waals surface area contributed by atoms with E-state index < -0.39 is 47.7 Å². The van der Waals surface area contributed by atoms with Crippen LogP contribution in [0.25, 0.3) is 0 Å². The Labute approximate surface area is 98.1 Å². The highest BCUT2D eigenvalue weighted by molar-refractivity contribution is 8.07. The lowest BCUT2D eigenvalue weighted by atomic mass is 10.2. The van der Waals surface area contributed by atoms with Gasteiger partial charge in [0, 0.05) is 11.8 Å². The zero-order chi connectivity index (χ0) is 13.3. The highest BCUT2D eigenvalue weighted by Crippen LogP contribution is 2.16. The molecule has 0 aromatic heterocycles. The lowest BCUT2D eigenvalue weighted by Gasteiger charge is -2.05. The summed E-state index contributed by atoms with van der Waals surface area (Å²) < 4.78 is 70.8. The standard InChI is InChI=1S/C9H10F2O4S2/c1-16(12,13)6-17(14,15)5-7-8(10)3-2-4-9(7)11/h2-4H,5-6H2,1H3. The molecule has 1 rings (SSSR count). The lowest BCUT2D eigenvalue weighted by molar-refractivity contribution is 0.556. The zero-order valence-electron chi connectivity index (χ0n) is 8.85. The molecule has 96 valence electrons. The number of hydrogen-bond donors (Lipinski definition) is 0.